The Labute approximate surface area is 159 Å². The Bertz CT molecular complexity index is 972. The molecular weight excluding hydrogens is 368 g/mol. The van der Waals surface area contributed by atoms with E-state index in [-0.39, 0.29) is 5.56 Å². The number of amides is 1. The molecule has 142 valence electrons. The van der Waals surface area contributed by atoms with Crippen LogP contribution in [0.2, 0.25) is 0 Å². The van der Waals surface area contributed by atoms with Crippen molar-refractivity contribution in [1.82, 2.24) is 0 Å². The van der Waals surface area contributed by atoms with Crippen LogP contribution >= 0.6 is 0 Å². The lowest BCUT2D eigenvalue weighted by Crippen LogP contribution is -2.21. The van der Waals surface area contributed by atoms with Gasteiger partial charge in [0.05, 0.1) is 11.3 Å². The monoisotopic (exact) mass is 383 g/mol. The molecule has 0 fully saturated rings. The van der Waals surface area contributed by atoms with Crippen molar-refractivity contribution in [2.24, 2.45) is 0 Å². The fourth-order valence-corrected chi connectivity index (χ4v) is 2.35. The number of benzene rings is 3. The molecule has 0 unspecified atom stereocenters. The maximum absolute atomic E-state index is 13.2. The van der Waals surface area contributed by atoms with Gasteiger partial charge in [0.2, 0.25) is 0 Å². The highest BCUT2D eigenvalue weighted by Crippen LogP contribution is 2.29. The van der Waals surface area contributed by atoms with E-state index in [1.807, 2.05) is 18.2 Å². The first-order chi connectivity index (χ1) is 13.5. The first-order valence-electron chi connectivity index (χ1n) is 8.26. The van der Waals surface area contributed by atoms with E-state index in [2.05, 4.69) is 5.32 Å². The van der Waals surface area contributed by atoms with Gasteiger partial charge in [0.25, 0.3) is 5.91 Å². The number of anilines is 1. The molecule has 0 aliphatic heterocycles. The highest BCUT2D eigenvalue weighted by atomic mass is 19.1. The number of hydrogen-bond acceptors (Lipinski definition) is 4. The van der Waals surface area contributed by atoms with Gasteiger partial charge in [0.1, 0.15) is 17.4 Å². The predicted octanol–water partition coefficient (Wildman–Crippen LogP) is 4.55. The van der Waals surface area contributed by atoms with Crippen LogP contribution < -0.4 is 10.1 Å². The number of esters is 1. The van der Waals surface area contributed by atoms with Gasteiger partial charge in [0.15, 0.2) is 12.4 Å². The lowest BCUT2D eigenvalue weighted by atomic mass is 10.2. The summed E-state index contributed by atoms with van der Waals surface area (Å²) in [5, 5.41) is 2.57. The van der Waals surface area contributed by atoms with Gasteiger partial charge in [-0.25, -0.2) is 13.6 Å². The predicted molar refractivity (Wildman–Crippen MR) is 98.2 cm³/mol. The highest BCUT2D eigenvalue weighted by molar-refractivity contribution is 5.96. The summed E-state index contributed by atoms with van der Waals surface area (Å²) in [5.41, 5.74) is 0.0577. The standard InChI is InChI=1S/C21H15F2NO4/c22-15-10-14(11-16(23)12-15)21(26)27-13-20(25)24-18-8-4-5-9-19(18)28-17-6-2-1-3-7-17/h1-12H,13H2,(H,24,25). The van der Waals surface area contributed by atoms with Gasteiger partial charge >= 0.3 is 5.97 Å². The molecule has 7 heteroatoms. The first kappa shape index (κ1) is 19.0. The summed E-state index contributed by atoms with van der Waals surface area (Å²) in [6.45, 7) is -0.628. The molecule has 0 aliphatic rings. The van der Waals surface area contributed by atoms with Crippen LogP contribution in [0.1, 0.15) is 10.4 Å². The number of ether oxygens (including phenoxy) is 2. The van der Waals surface area contributed by atoms with Gasteiger partial charge in [-0.05, 0) is 36.4 Å². The van der Waals surface area contributed by atoms with Crippen molar-refractivity contribution in [3.63, 3.8) is 0 Å². The summed E-state index contributed by atoms with van der Waals surface area (Å²) >= 11 is 0. The molecule has 0 spiro atoms. The quantitative estimate of drug-likeness (QED) is 0.634. The molecule has 3 rings (SSSR count). The third-order valence-electron chi connectivity index (χ3n) is 3.56. The average molecular weight is 383 g/mol. The van der Waals surface area contributed by atoms with Crippen LogP contribution in [0.25, 0.3) is 0 Å². The van der Waals surface area contributed by atoms with Gasteiger partial charge in [0, 0.05) is 6.07 Å². The molecule has 28 heavy (non-hydrogen) atoms. The summed E-state index contributed by atoms with van der Waals surface area (Å²) in [6.07, 6.45) is 0. The molecule has 0 aliphatic carbocycles. The topological polar surface area (TPSA) is 64.6 Å². The Balaban J connectivity index is 1.61. The molecule has 0 saturated heterocycles. The second-order valence-electron chi connectivity index (χ2n) is 5.69. The molecule has 3 aromatic rings. The summed E-state index contributed by atoms with van der Waals surface area (Å²) in [4.78, 5) is 23.9. The Hall–Kier alpha value is -3.74. The maximum atomic E-state index is 13.2. The second-order valence-corrected chi connectivity index (χ2v) is 5.69. The Morgan fingerprint density at radius 2 is 1.50 bits per heavy atom. The van der Waals surface area contributed by atoms with Crippen molar-refractivity contribution in [3.8, 4) is 11.5 Å². The number of rotatable bonds is 6. The van der Waals surface area contributed by atoms with Crippen molar-refractivity contribution in [2.45, 2.75) is 0 Å². The van der Waals surface area contributed by atoms with E-state index in [0.717, 1.165) is 12.1 Å². The minimum Gasteiger partial charge on any atom is -0.455 e. The second kappa shape index (κ2) is 8.77. The fourth-order valence-electron chi connectivity index (χ4n) is 2.35. The highest BCUT2D eigenvalue weighted by Gasteiger charge is 2.14. The molecule has 5 nitrogen and oxygen atoms in total. The lowest BCUT2D eigenvalue weighted by Gasteiger charge is -2.12. The summed E-state index contributed by atoms with van der Waals surface area (Å²) in [5.74, 6) is -2.48. The lowest BCUT2D eigenvalue weighted by molar-refractivity contribution is -0.119. The molecule has 0 heterocycles. The third kappa shape index (κ3) is 5.14. The smallest absolute Gasteiger partial charge is 0.338 e. The summed E-state index contributed by atoms with van der Waals surface area (Å²) in [6, 6.07) is 18.0. The van der Waals surface area contributed by atoms with Crippen molar-refractivity contribution in [1.29, 1.82) is 0 Å². The van der Waals surface area contributed by atoms with Crippen molar-refractivity contribution >= 4 is 17.6 Å². The number of halogens is 2. The van der Waals surface area contributed by atoms with Crippen molar-refractivity contribution in [2.75, 3.05) is 11.9 Å². The normalized spacial score (nSPS) is 10.2. The minimum atomic E-state index is -1.01. The van der Waals surface area contributed by atoms with Crippen LogP contribution in [0.5, 0.6) is 11.5 Å². The Morgan fingerprint density at radius 1 is 0.857 bits per heavy atom. The number of para-hydroxylation sites is 3. The van der Waals surface area contributed by atoms with Crippen molar-refractivity contribution in [3.05, 3.63) is 90.0 Å². The van der Waals surface area contributed by atoms with Crippen LogP contribution in [-0.4, -0.2) is 18.5 Å². The van der Waals surface area contributed by atoms with E-state index in [1.54, 1.807) is 36.4 Å². The first-order valence-corrected chi connectivity index (χ1v) is 8.26. The Kier molecular flexibility index (Phi) is 5.96. The number of carbonyl (C=O) groups is 2. The molecule has 0 saturated carbocycles. The Morgan fingerprint density at radius 3 is 2.21 bits per heavy atom. The zero-order valence-electron chi connectivity index (χ0n) is 14.5. The van der Waals surface area contributed by atoms with Crippen LogP contribution in [0.3, 0.4) is 0 Å². The number of hydrogen-bond donors (Lipinski definition) is 1. The van der Waals surface area contributed by atoms with Gasteiger partial charge in [-0.15, -0.1) is 0 Å². The fraction of sp³-hybridized carbons (Fsp3) is 0.0476. The van der Waals surface area contributed by atoms with Gasteiger partial charge in [-0.1, -0.05) is 30.3 Å². The largest absolute Gasteiger partial charge is 0.455 e. The van der Waals surface area contributed by atoms with Crippen LogP contribution in [-0.2, 0) is 9.53 Å². The summed E-state index contributed by atoms with van der Waals surface area (Å²) < 4.78 is 36.8. The molecule has 3 aromatic carbocycles. The van der Waals surface area contributed by atoms with Gasteiger partial charge in [-0.2, -0.15) is 0 Å². The number of carbonyl (C=O) groups excluding carboxylic acids is 2. The van der Waals surface area contributed by atoms with E-state index in [0.29, 0.717) is 23.3 Å². The molecule has 1 amide bonds. The zero-order valence-corrected chi connectivity index (χ0v) is 14.5. The zero-order chi connectivity index (χ0) is 19.9. The van der Waals surface area contributed by atoms with Crippen LogP contribution in [0.15, 0.2) is 72.8 Å². The van der Waals surface area contributed by atoms with Crippen molar-refractivity contribution < 1.29 is 27.8 Å². The number of nitrogens with one attached hydrogen (secondary N) is 1. The van der Waals surface area contributed by atoms with E-state index in [1.165, 1.54) is 0 Å². The van der Waals surface area contributed by atoms with E-state index in [4.69, 9.17) is 9.47 Å². The van der Waals surface area contributed by atoms with E-state index in [9.17, 15) is 18.4 Å². The third-order valence-corrected chi connectivity index (χ3v) is 3.56. The summed E-state index contributed by atoms with van der Waals surface area (Å²) in [7, 11) is 0. The molecule has 0 radical (unpaired) electrons. The van der Waals surface area contributed by atoms with Gasteiger partial charge < -0.3 is 14.8 Å². The van der Waals surface area contributed by atoms with Crippen LogP contribution in [0.4, 0.5) is 14.5 Å². The van der Waals surface area contributed by atoms with E-state index >= 15 is 0 Å². The molecule has 0 aromatic heterocycles. The van der Waals surface area contributed by atoms with E-state index < -0.39 is 30.1 Å². The molecule has 0 atom stereocenters. The SMILES string of the molecule is O=C(COC(=O)c1cc(F)cc(F)c1)Nc1ccccc1Oc1ccccc1. The van der Waals surface area contributed by atoms with Gasteiger partial charge in [-0.3, -0.25) is 4.79 Å². The minimum absolute atomic E-state index is 0.321. The molecule has 1 N–H and O–H groups in total. The maximum Gasteiger partial charge on any atom is 0.338 e. The van der Waals surface area contributed by atoms with Crippen LogP contribution in [0, 0.1) is 11.6 Å². The molecule has 0 bridgehead atoms. The average Bonchev–Trinajstić information content (AvgIpc) is 2.68. The molecular formula is C21H15F2NO4.